The van der Waals surface area contributed by atoms with Crippen LogP contribution in [0.5, 0.6) is 0 Å². The summed E-state index contributed by atoms with van der Waals surface area (Å²) < 4.78 is 39.4. The first-order chi connectivity index (χ1) is 16.3. The van der Waals surface area contributed by atoms with E-state index < -0.39 is 11.9 Å². The summed E-state index contributed by atoms with van der Waals surface area (Å²) in [5.41, 5.74) is 1.06. The Bertz CT molecular complexity index is 1060. The third-order valence-corrected chi connectivity index (χ3v) is 6.71. The topological polar surface area (TPSA) is 72.3 Å². The first kappa shape index (κ1) is 23.9. The molecule has 1 saturated carbocycles. The second-order valence-corrected chi connectivity index (χ2v) is 9.05. The largest absolute Gasteiger partial charge is 0.433 e. The highest BCUT2D eigenvalue weighted by Gasteiger charge is 2.35. The first-order valence-electron chi connectivity index (χ1n) is 11.7. The number of alkyl halides is 3. The summed E-state index contributed by atoms with van der Waals surface area (Å²) in [6.07, 6.45) is 1.65. The molecule has 1 saturated heterocycles. The van der Waals surface area contributed by atoms with Crippen LogP contribution in [-0.2, 0) is 6.18 Å². The average molecular weight is 472 g/mol. The summed E-state index contributed by atoms with van der Waals surface area (Å²) in [4.78, 5) is 19.9. The van der Waals surface area contributed by atoms with Crippen molar-refractivity contribution in [2.24, 2.45) is 0 Å². The monoisotopic (exact) mass is 471 g/mol. The highest BCUT2D eigenvalue weighted by molar-refractivity contribution is 5.89. The molecule has 1 aromatic carbocycles. The van der Waals surface area contributed by atoms with Gasteiger partial charge >= 0.3 is 12.2 Å². The lowest BCUT2D eigenvalue weighted by Crippen LogP contribution is -2.55. The second kappa shape index (κ2) is 9.92. The lowest BCUT2D eigenvalue weighted by atomic mass is 9.84. The first-order valence-corrected chi connectivity index (χ1v) is 11.7. The van der Waals surface area contributed by atoms with E-state index in [1.165, 1.54) is 37.7 Å². The fraction of sp³-hybridized carbons (Fsp3) is 0.480. The molecule has 0 spiro atoms. The van der Waals surface area contributed by atoms with E-state index in [2.05, 4.69) is 22.4 Å². The van der Waals surface area contributed by atoms with E-state index in [1.807, 2.05) is 25.1 Å². The zero-order valence-electron chi connectivity index (χ0n) is 19.1. The summed E-state index contributed by atoms with van der Waals surface area (Å²) in [6, 6.07) is 11.3. The van der Waals surface area contributed by atoms with Gasteiger partial charge in [-0.3, -0.25) is 0 Å². The molecular weight excluding hydrogens is 443 g/mol. The number of carbonyl (C=O) groups is 1. The summed E-state index contributed by atoms with van der Waals surface area (Å²) in [5, 5.41) is 12.3. The van der Waals surface area contributed by atoms with Crippen molar-refractivity contribution in [3.63, 3.8) is 0 Å². The molecule has 1 N–H and O–H groups in total. The predicted molar refractivity (Wildman–Crippen MR) is 124 cm³/mol. The number of hydrogen-bond acceptors (Lipinski definition) is 4. The van der Waals surface area contributed by atoms with Crippen molar-refractivity contribution in [2.75, 3.05) is 29.9 Å². The van der Waals surface area contributed by atoms with Gasteiger partial charge < -0.3 is 15.1 Å². The number of rotatable bonds is 3. The summed E-state index contributed by atoms with van der Waals surface area (Å²) in [5.74, 6) is 0.594. The van der Waals surface area contributed by atoms with Gasteiger partial charge in [0, 0.05) is 31.4 Å². The molecule has 0 unspecified atom stereocenters. The molecule has 9 heteroatoms. The van der Waals surface area contributed by atoms with Gasteiger partial charge in [0.05, 0.1) is 5.56 Å². The number of aromatic nitrogens is 1. The Kier molecular flexibility index (Phi) is 6.96. The van der Waals surface area contributed by atoms with E-state index >= 15 is 0 Å². The van der Waals surface area contributed by atoms with Gasteiger partial charge in [0.15, 0.2) is 0 Å². The number of anilines is 2. The number of amides is 2. The maximum absolute atomic E-state index is 13.1. The van der Waals surface area contributed by atoms with Crippen molar-refractivity contribution in [2.45, 2.75) is 57.2 Å². The molecule has 2 aliphatic rings. The molecule has 2 heterocycles. The summed E-state index contributed by atoms with van der Waals surface area (Å²) in [7, 11) is 0. The summed E-state index contributed by atoms with van der Waals surface area (Å²) in [6.45, 7) is 2.69. The van der Waals surface area contributed by atoms with E-state index in [9.17, 15) is 23.2 Å². The lowest BCUT2D eigenvalue weighted by Gasteiger charge is -2.40. The van der Waals surface area contributed by atoms with Gasteiger partial charge in [-0.05, 0) is 55.5 Å². The second-order valence-electron chi connectivity index (χ2n) is 9.05. The van der Waals surface area contributed by atoms with Crippen molar-refractivity contribution < 1.29 is 18.0 Å². The molecule has 2 fully saturated rings. The van der Waals surface area contributed by atoms with Crippen LogP contribution in [0.25, 0.3) is 0 Å². The Morgan fingerprint density at radius 2 is 1.79 bits per heavy atom. The average Bonchev–Trinajstić information content (AvgIpc) is 2.84. The number of nitrogens with one attached hydrogen (secondary N) is 1. The van der Waals surface area contributed by atoms with Crippen LogP contribution in [0.15, 0.2) is 36.4 Å². The van der Waals surface area contributed by atoms with Crippen LogP contribution in [-0.4, -0.2) is 41.6 Å². The molecule has 0 bridgehead atoms. The van der Waals surface area contributed by atoms with Crippen LogP contribution in [0.1, 0.15) is 61.8 Å². The number of nitrogens with zero attached hydrogens (tertiary/aromatic N) is 4. The Morgan fingerprint density at radius 3 is 2.41 bits per heavy atom. The van der Waals surface area contributed by atoms with Crippen molar-refractivity contribution in [3.05, 3.63) is 53.2 Å². The SMILES string of the molecule is C[C@@H]1CN(c2nc(C(F)(F)F)ccc2C#N)CCN1C(=O)Nc1ccc(C2CCCCC2)cc1. The van der Waals surface area contributed by atoms with E-state index in [0.29, 0.717) is 18.2 Å². The minimum atomic E-state index is -4.59. The fourth-order valence-corrected chi connectivity index (χ4v) is 4.86. The van der Waals surface area contributed by atoms with Crippen LogP contribution in [0.4, 0.5) is 29.5 Å². The van der Waals surface area contributed by atoms with Gasteiger partial charge in [-0.25, -0.2) is 9.78 Å². The number of benzene rings is 1. The summed E-state index contributed by atoms with van der Waals surface area (Å²) >= 11 is 0. The Labute approximate surface area is 197 Å². The number of urea groups is 1. The Hall–Kier alpha value is -3.28. The number of halogens is 3. The smallest absolute Gasteiger partial charge is 0.352 e. The molecule has 6 nitrogen and oxygen atoms in total. The number of carbonyl (C=O) groups excluding carboxylic acids is 1. The minimum absolute atomic E-state index is 0.00235. The van der Waals surface area contributed by atoms with Crippen LogP contribution < -0.4 is 10.2 Å². The standard InChI is InChI=1S/C25H28F3N5O/c1-17-16-32(23-20(15-29)9-12-22(31-23)25(26,27)28)13-14-33(17)24(34)30-21-10-7-19(8-11-21)18-5-3-2-4-6-18/h7-12,17-18H,2-6,13-14,16H2,1H3,(H,30,34)/t17-/m1/s1. The zero-order valence-corrected chi connectivity index (χ0v) is 19.1. The van der Waals surface area contributed by atoms with E-state index in [0.717, 1.165) is 12.1 Å². The van der Waals surface area contributed by atoms with Crippen LogP contribution in [0.2, 0.25) is 0 Å². The predicted octanol–water partition coefficient (Wildman–Crippen LogP) is 5.76. The Morgan fingerprint density at radius 1 is 1.09 bits per heavy atom. The van der Waals surface area contributed by atoms with Gasteiger partial charge in [-0.15, -0.1) is 0 Å². The molecule has 2 aromatic rings. The number of pyridine rings is 1. The fourth-order valence-electron chi connectivity index (χ4n) is 4.86. The zero-order chi connectivity index (χ0) is 24.3. The molecule has 1 aliphatic heterocycles. The molecule has 0 radical (unpaired) electrons. The van der Waals surface area contributed by atoms with Crippen molar-refractivity contribution in [3.8, 4) is 6.07 Å². The van der Waals surface area contributed by atoms with Crippen LogP contribution in [0.3, 0.4) is 0 Å². The van der Waals surface area contributed by atoms with Crippen molar-refractivity contribution in [1.29, 1.82) is 5.26 Å². The lowest BCUT2D eigenvalue weighted by molar-refractivity contribution is -0.141. The van der Waals surface area contributed by atoms with Crippen molar-refractivity contribution in [1.82, 2.24) is 9.88 Å². The third-order valence-electron chi connectivity index (χ3n) is 6.71. The molecule has 34 heavy (non-hydrogen) atoms. The molecule has 1 aliphatic carbocycles. The molecular formula is C25H28F3N5O. The third kappa shape index (κ3) is 5.27. The molecule has 1 atom stereocenters. The maximum Gasteiger partial charge on any atom is 0.433 e. The van der Waals surface area contributed by atoms with Gasteiger partial charge in [0.1, 0.15) is 17.6 Å². The molecule has 4 rings (SSSR count). The number of hydrogen-bond donors (Lipinski definition) is 1. The van der Waals surface area contributed by atoms with Crippen LogP contribution in [0, 0.1) is 11.3 Å². The van der Waals surface area contributed by atoms with Gasteiger partial charge in [-0.1, -0.05) is 31.4 Å². The van der Waals surface area contributed by atoms with E-state index in [-0.39, 0.29) is 36.5 Å². The number of piperazine rings is 1. The van der Waals surface area contributed by atoms with E-state index in [1.54, 1.807) is 9.80 Å². The Balaban J connectivity index is 1.40. The molecule has 180 valence electrons. The quantitative estimate of drug-likeness (QED) is 0.618. The van der Waals surface area contributed by atoms with Crippen molar-refractivity contribution >= 4 is 17.5 Å². The maximum atomic E-state index is 13.1. The van der Waals surface area contributed by atoms with Gasteiger partial charge in [0.2, 0.25) is 0 Å². The highest BCUT2D eigenvalue weighted by atomic mass is 19.4. The minimum Gasteiger partial charge on any atom is -0.352 e. The van der Waals surface area contributed by atoms with Gasteiger partial charge in [-0.2, -0.15) is 18.4 Å². The number of nitriles is 1. The normalized spacial score (nSPS) is 19.6. The van der Waals surface area contributed by atoms with Gasteiger partial charge in [0.25, 0.3) is 0 Å². The molecule has 1 aromatic heterocycles. The molecule has 2 amide bonds. The van der Waals surface area contributed by atoms with Crippen LogP contribution >= 0.6 is 0 Å². The highest BCUT2D eigenvalue weighted by Crippen LogP contribution is 2.33. The van der Waals surface area contributed by atoms with E-state index in [4.69, 9.17) is 0 Å².